The van der Waals surface area contributed by atoms with Crippen molar-refractivity contribution in [1.82, 2.24) is 4.98 Å². The molecule has 132 valence electrons. The van der Waals surface area contributed by atoms with Crippen molar-refractivity contribution in [1.29, 1.82) is 0 Å². The number of fused-ring (bicyclic) bond motifs is 1. The molecule has 0 saturated carbocycles. The molecule has 2 aliphatic rings. The Morgan fingerprint density at radius 3 is 3.12 bits per heavy atom. The average molecular weight is 368 g/mol. The zero-order valence-corrected chi connectivity index (χ0v) is 14.7. The van der Waals surface area contributed by atoms with Gasteiger partial charge in [-0.1, -0.05) is 29.5 Å². The van der Waals surface area contributed by atoms with Crippen molar-refractivity contribution in [2.75, 3.05) is 11.9 Å². The fourth-order valence-corrected chi connectivity index (χ4v) is 3.79. The number of nitrogens with one attached hydrogen (secondary N) is 1. The average Bonchev–Trinajstić information content (AvgIpc) is 3.19. The molecule has 1 aromatic heterocycles. The fourth-order valence-electron chi connectivity index (χ4n) is 2.95. The first-order valence-corrected chi connectivity index (χ1v) is 9.13. The smallest absolute Gasteiger partial charge is 0.231 e. The first-order valence-electron chi connectivity index (χ1n) is 8.32. The van der Waals surface area contributed by atoms with Crippen molar-refractivity contribution >= 4 is 35.0 Å². The van der Waals surface area contributed by atoms with Crippen LogP contribution in [0.4, 0.5) is 9.52 Å². The summed E-state index contributed by atoms with van der Waals surface area (Å²) in [5.41, 5.74) is 1.92. The zero-order chi connectivity index (χ0) is 17.9. The molecule has 0 aliphatic carbocycles. The zero-order valence-electron chi connectivity index (χ0n) is 13.8. The normalized spacial score (nSPS) is 22.1. The summed E-state index contributed by atoms with van der Waals surface area (Å²) in [5.74, 6) is -0.122. The molecule has 0 amide bonds. The summed E-state index contributed by atoms with van der Waals surface area (Å²) < 4.78 is 13.2. The molecule has 0 radical (unpaired) electrons. The predicted octanol–water partition coefficient (Wildman–Crippen LogP) is 3.69. The highest BCUT2D eigenvalue weighted by Gasteiger charge is 2.27. The van der Waals surface area contributed by atoms with Crippen molar-refractivity contribution in [3.63, 3.8) is 0 Å². The van der Waals surface area contributed by atoms with Gasteiger partial charge in [-0.2, -0.15) is 4.98 Å². The highest BCUT2D eigenvalue weighted by molar-refractivity contribution is 7.16. The van der Waals surface area contributed by atoms with Crippen molar-refractivity contribution in [2.24, 2.45) is 15.9 Å². The number of thiazole rings is 1. The molecule has 26 heavy (non-hydrogen) atoms. The van der Waals surface area contributed by atoms with Gasteiger partial charge in [-0.05, 0) is 41.8 Å². The van der Waals surface area contributed by atoms with E-state index >= 15 is 0 Å². The molecule has 2 N–H and O–H groups in total. The molecule has 0 spiro atoms. The van der Waals surface area contributed by atoms with Crippen molar-refractivity contribution in [3.8, 4) is 5.88 Å². The van der Waals surface area contributed by atoms with Crippen LogP contribution in [0.3, 0.4) is 0 Å². The highest BCUT2D eigenvalue weighted by Crippen LogP contribution is 2.34. The van der Waals surface area contributed by atoms with Crippen molar-refractivity contribution in [3.05, 3.63) is 58.2 Å². The molecule has 0 fully saturated rings. The van der Waals surface area contributed by atoms with E-state index in [2.05, 4.69) is 26.4 Å². The van der Waals surface area contributed by atoms with Crippen LogP contribution in [-0.2, 0) is 6.42 Å². The number of halogens is 1. The standard InChI is InChI=1S/C19H17FN4OS/c20-14-4-1-3-12(9-14)6-8-22-19-24-18(25)16(26-19)10-13-11-23-17-15(13)5-2-7-21-17/h1-5,7,9-11,15,17,25H,6,8H2,(H,22,24). The van der Waals surface area contributed by atoms with Crippen LogP contribution in [0.15, 0.2) is 52.0 Å². The molecule has 0 saturated heterocycles. The molecule has 0 bridgehead atoms. The van der Waals surface area contributed by atoms with E-state index in [1.807, 2.05) is 18.2 Å². The van der Waals surface area contributed by atoms with Crippen LogP contribution in [0.5, 0.6) is 5.88 Å². The number of rotatable bonds is 5. The van der Waals surface area contributed by atoms with Gasteiger partial charge >= 0.3 is 0 Å². The number of dihydropyridines is 1. The van der Waals surface area contributed by atoms with Crippen molar-refractivity contribution < 1.29 is 9.50 Å². The third-order valence-electron chi connectivity index (χ3n) is 4.24. The number of benzene rings is 1. The molecular weight excluding hydrogens is 351 g/mol. The van der Waals surface area contributed by atoms with Crippen LogP contribution in [0.1, 0.15) is 10.4 Å². The minimum absolute atomic E-state index is 0.00380. The Bertz CT molecular complexity index is 931. The SMILES string of the molecule is Oc1nc(NCCc2cccc(F)c2)sc1C=C1C=NC2N=CC=CC12. The van der Waals surface area contributed by atoms with E-state index in [1.165, 1.54) is 23.5 Å². The van der Waals surface area contributed by atoms with Gasteiger partial charge < -0.3 is 10.4 Å². The van der Waals surface area contributed by atoms with E-state index in [0.717, 1.165) is 11.1 Å². The minimum Gasteiger partial charge on any atom is -0.492 e. The number of anilines is 1. The number of hydrogen-bond acceptors (Lipinski definition) is 6. The van der Waals surface area contributed by atoms with Crippen LogP contribution in [-0.4, -0.2) is 35.2 Å². The van der Waals surface area contributed by atoms with Gasteiger partial charge in [0.2, 0.25) is 5.88 Å². The van der Waals surface area contributed by atoms with Crippen LogP contribution in [0, 0.1) is 11.7 Å². The van der Waals surface area contributed by atoms with E-state index in [-0.39, 0.29) is 23.8 Å². The maximum atomic E-state index is 13.2. The Morgan fingerprint density at radius 1 is 1.31 bits per heavy atom. The molecule has 3 heterocycles. The molecule has 4 rings (SSSR count). The largest absolute Gasteiger partial charge is 0.492 e. The van der Waals surface area contributed by atoms with Gasteiger partial charge in [-0.3, -0.25) is 9.98 Å². The van der Waals surface area contributed by atoms with Crippen LogP contribution in [0.25, 0.3) is 6.08 Å². The number of aliphatic imine (C=N–C) groups is 2. The van der Waals surface area contributed by atoms with Gasteiger partial charge in [0.15, 0.2) is 5.13 Å². The number of aromatic hydroxyl groups is 1. The quantitative estimate of drug-likeness (QED) is 0.846. The maximum absolute atomic E-state index is 13.2. The Morgan fingerprint density at radius 2 is 2.23 bits per heavy atom. The third-order valence-corrected chi connectivity index (χ3v) is 5.19. The lowest BCUT2D eigenvalue weighted by molar-refractivity contribution is 0.456. The Kier molecular flexibility index (Phi) is 4.62. The van der Waals surface area contributed by atoms with Crippen LogP contribution in [0.2, 0.25) is 0 Å². The summed E-state index contributed by atoms with van der Waals surface area (Å²) in [6.45, 7) is 0.607. The lowest BCUT2D eigenvalue weighted by atomic mass is 9.97. The topological polar surface area (TPSA) is 69.9 Å². The molecule has 2 unspecified atom stereocenters. The third kappa shape index (κ3) is 3.57. The second kappa shape index (κ2) is 7.21. The van der Waals surface area contributed by atoms with Gasteiger partial charge in [0.05, 0.1) is 4.88 Å². The molecular formula is C19H17FN4OS. The van der Waals surface area contributed by atoms with Crippen molar-refractivity contribution in [2.45, 2.75) is 12.6 Å². The van der Waals surface area contributed by atoms with Gasteiger partial charge in [0, 0.05) is 24.9 Å². The maximum Gasteiger partial charge on any atom is 0.231 e. The van der Waals surface area contributed by atoms with E-state index in [4.69, 9.17) is 0 Å². The number of nitrogens with zero attached hydrogens (tertiary/aromatic N) is 3. The van der Waals surface area contributed by atoms with Gasteiger partial charge in [-0.25, -0.2) is 4.39 Å². The number of hydrogen-bond donors (Lipinski definition) is 2. The Labute approximate surface area is 154 Å². The second-order valence-corrected chi connectivity index (χ2v) is 7.09. The number of aromatic nitrogens is 1. The minimum atomic E-state index is -0.235. The molecule has 2 aromatic rings. The summed E-state index contributed by atoms with van der Waals surface area (Å²) in [4.78, 5) is 13.5. The molecule has 1 aromatic carbocycles. The van der Waals surface area contributed by atoms with Crippen LogP contribution < -0.4 is 5.32 Å². The first kappa shape index (κ1) is 16.7. The van der Waals surface area contributed by atoms with E-state index in [9.17, 15) is 9.50 Å². The first-order chi connectivity index (χ1) is 12.7. The van der Waals surface area contributed by atoms with Gasteiger partial charge in [0.1, 0.15) is 12.0 Å². The summed E-state index contributed by atoms with van der Waals surface area (Å²) in [7, 11) is 0. The predicted molar refractivity (Wildman–Crippen MR) is 104 cm³/mol. The summed E-state index contributed by atoms with van der Waals surface area (Å²) in [6, 6.07) is 6.53. The van der Waals surface area contributed by atoms with Gasteiger partial charge in [-0.15, -0.1) is 0 Å². The number of allylic oxidation sites excluding steroid dienone is 1. The second-order valence-electron chi connectivity index (χ2n) is 6.06. The van der Waals surface area contributed by atoms with Crippen LogP contribution >= 0.6 is 11.3 Å². The lowest BCUT2D eigenvalue weighted by Crippen LogP contribution is -2.13. The highest BCUT2D eigenvalue weighted by atomic mass is 32.1. The van der Waals surface area contributed by atoms with E-state index < -0.39 is 0 Å². The van der Waals surface area contributed by atoms with Gasteiger partial charge in [0.25, 0.3) is 0 Å². The summed E-state index contributed by atoms with van der Waals surface area (Å²) in [5, 5.41) is 13.9. The summed E-state index contributed by atoms with van der Waals surface area (Å²) in [6.07, 6.45) is 10.0. The Balaban J connectivity index is 1.41. The molecule has 2 aliphatic heterocycles. The molecule has 7 heteroatoms. The lowest BCUT2D eigenvalue weighted by Gasteiger charge is -2.13. The Hall–Kier alpha value is -2.80. The summed E-state index contributed by atoms with van der Waals surface area (Å²) >= 11 is 1.38. The van der Waals surface area contributed by atoms with E-state index in [1.54, 1.807) is 18.5 Å². The fraction of sp³-hybridized carbons (Fsp3) is 0.211. The molecule has 5 nitrogen and oxygen atoms in total. The van der Waals surface area contributed by atoms with E-state index in [0.29, 0.717) is 23.0 Å². The monoisotopic (exact) mass is 368 g/mol. The molecule has 2 atom stereocenters.